The van der Waals surface area contributed by atoms with Gasteiger partial charge in [-0.15, -0.1) is 0 Å². The Labute approximate surface area is 107 Å². The van der Waals surface area contributed by atoms with Crippen molar-refractivity contribution in [2.24, 2.45) is 5.73 Å². The Morgan fingerprint density at radius 3 is 2.56 bits per heavy atom. The molecule has 0 fully saturated rings. The fourth-order valence-electron chi connectivity index (χ4n) is 1.52. The Morgan fingerprint density at radius 1 is 1.28 bits per heavy atom. The molecule has 0 saturated heterocycles. The topological polar surface area (TPSA) is 84.2 Å². The van der Waals surface area contributed by atoms with Crippen LogP contribution >= 0.6 is 0 Å². The lowest BCUT2D eigenvalue weighted by Crippen LogP contribution is -2.43. The smallest absolute Gasteiger partial charge is 0.237 e. The maximum atomic E-state index is 11.6. The highest BCUT2D eigenvalue weighted by Crippen LogP contribution is 2.01. The van der Waals surface area contributed by atoms with E-state index in [9.17, 15) is 9.59 Å². The van der Waals surface area contributed by atoms with Crippen molar-refractivity contribution >= 4 is 11.8 Å². The molecule has 1 rings (SSSR count). The first-order chi connectivity index (χ1) is 8.63. The van der Waals surface area contributed by atoms with Crippen LogP contribution in [0.3, 0.4) is 0 Å². The lowest BCUT2D eigenvalue weighted by Gasteiger charge is -2.12. The number of nitrogens with one attached hydrogen (secondary N) is 2. The molecule has 0 bridgehead atoms. The highest BCUT2D eigenvalue weighted by molar-refractivity contribution is 5.82. The lowest BCUT2D eigenvalue weighted by atomic mass is 10.1. The molecule has 1 unspecified atom stereocenters. The van der Waals surface area contributed by atoms with E-state index < -0.39 is 6.04 Å². The van der Waals surface area contributed by atoms with Gasteiger partial charge in [-0.05, 0) is 12.0 Å². The van der Waals surface area contributed by atoms with Gasteiger partial charge in [0.15, 0.2) is 0 Å². The van der Waals surface area contributed by atoms with Gasteiger partial charge < -0.3 is 16.4 Å². The molecular weight excluding hydrogens is 230 g/mol. The molecule has 0 aromatic heterocycles. The SMILES string of the molecule is CNC(=O)CCNC(=O)C(N)Cc1ccccc1. The molecule has 5 heteroatoms. The minimum atomic E-state index is -0.586. The summed E-state index contributed by atoms with van der Waals surface area (Å²) in [6.07, 6.45) is 0.757. The monoisotopic (exact) mass is 249 g/mol. The van der Waals surface area contributed by atoms with Crippen molar-refractivity contribution in [2.45, 2.75) is 18.9 Å². The zero-order valence-corrected chi connectivity index (χ0v) is 10.5. The van der Waals surface area contributed by atoms with Gasteiger partial charge in [0, 0.05) is 20.0 Å². The number of hydrogen-bond donors (Lipinski definition) is 3. The first kappa shape index (κ1) is 14.2. The molecule has 2 amide bonds. The highest BCUT2D eigenvalue weighted by Gasteiger charge is 2.13. The molecule has 0 heterocycles. The average Bonchev–Trinajstić information content (AvgIpc) is 2.39. The number of hydrogen-bond acceptors (Lipinski definition) is 3. The van der Waals surface area contributed by atoms with Crippen LogP contribution in [-0.2, 0) is 16.0 Å². The van der Waals surface area contributed by atoms with Crippen molar-refractivity contribution in [2.75, 3.05) is 13.6 Å². The fourth-order valence-corrected chi connectivity index (χ4v) is 1.52. The first-order valence-electron chi connectivity index (χ1n) is 5.91. The standard InChI is InChI=1S/C13H19N3O2/c1-15-12(17)7-8-16-13(18)11(14)9-10-5-3-2-4-6-10/h2-6,11H,7-9,14H2,1H3,(H,15,17)(H,16,18). The Bertz CT molecular complexity index is 392. The van der Waals surface area contributed by atoms with Gasteiger partial charge >= 0.3 is 0 Å². The Hall–Kier alpha value is -1.88. The third-order valence-electron chi connectivity index (χ3n) is 2.57. The van der Waals surface area contributed by atoms with Gasteiger partial charge in [0.2, 0.25) is 11.8 Å². The van der Waals surface area contributed by atoms with E-state index in [0.29, 0.717) is 13.0 Å². The van der Waals surface area contributed by atoms with Crippen LogP contribution in [0.4, 0.5) is 0 Å². The molecule has 18 heavy (non-hydrogen) atoms. The van der Waals surface area contributed by atoms with Crippen LogP contribution in [-0.4, -0.2) is 31.4 Å². The maximum absolute atomic E-state index is 11.6. The fraction of sp³-hybridized carbons (Fsp3) is 0.385. The van der Waals surface area contributed by atoms with Crippen LogP contribution < -0.4 is 16.4 Å². The summed E-state index contributed by atoms with van der Waals surface area (Å²) in [5.41, 5.74) is 6.81. The van der Waals surface area contributed by atoms with Crippen molar-refractivity contribution in [1.82, 2.24) is 10.6 Å². The number of nitrogens with two attached hydrogens (primary N) is 1. The number of amides is 2. The molecule has 5 nitrogen and oxygen atoms in total. The second-order valence-corrected chi connectivity index (χ2v) is 4.01. The molecule has 1 aromatic carbocycles. The molecule has 0 aliphatic rings. The summed E-state index contributed by atoms with van der Waals surface area (Å²) in [7, 11) is 1.56. The average molecular weight is 249 g/mol. The maximum Gasteiger partial charge on any atom is 0.237 e. The van der Waals surface area contributed by atoms with Gasteiger partial charge in [-0.25, -0.2) is 0 Å². The number of carbonyl (C=O) groups is 2. The summed E-state index contributed by atoms with van der Waals surface area (Å²) in [5, 5.41) is 5.13. The van der Waals surface area contributed by atoms with Crippen molar-refractivity contribution in [3.8, 4) is 0 Å². The highest BCUT2D eigenvalue weighted by atomic mass is 16.2. The Balaban J connectivity index is 2.31. The van der Waals surface area contributed by atoms with Crippen LogP contribution in [0.15, 0.2) is 30.3 Å². The molecule has 4 N–H and O–H groups in total. The number of carbonyl (C=O) groups excluding carboxylic acids is 2. The summed E-state index contributed by atoms with van der Waals surface area (Å²) >= 11 is 0. The molecule has 0 saturated carbocycles. The first-order valence-corrected chi connectivity index (χ1v) is 5.91. The van der Waals surface area contributed by atoms with Gasteiger partial charge in [0.1, 0.15) is 0 Å². The van der Waals surface area contributed by atoms with Gasteiger partial charge in [0.25, 0.3) is 0 Å². The van der Waals surface area contributed by atoms with Crippen molar-refractivity contribution < 1.29 is 9.59 Å². The largest absolute Gasteiger partial charge is 0.359 e. The molecule has 0 spiro atoms. The Morgan fingerprint density at radius 2 is 1.94 bits per heavy atom. The van der Waals surface area contributed by atoms with Crippen molar-refractivity contribution in [3.63, 3.8) is 0 Å². The van der Waals surface area contributed by atoms with E-state index in [4.69, 9.17) is 5.73 Å². The van der Waals surface area contributed by atoms with E-state index in [1.807, 2.05) is 30.3 Å². The molecular formula is C13H19N3O2. The summed E-state index contributed by atoms with van der Waals surface area (Å²) in [6.45, 7) is 0.307. The molecule has 0 radical (unpaired) electrons. The zero-order chi connectivity index (χ0) is 13.4. The van der Waals surface area contributed by atoms with Crippen molar-refractivity contribution in [1.29, 1.82) is 0 Å². The van der Waals surface area contributed by atoms with E-state index in [1.165, 1.54) is 0 Å². The third kappa shape index (κ3) is 4.97. The normalized spacial score (nSPS) is 11.7. The van der Waals surface area contributed by atoms with Crippen LogP contribution in [0.25, 0.3) is 0 Å². The quantitative estimate of drug-likeness (QED) is 0.653. The Kier molecular flexibility index (Phi) is 5.87. The van der Waals surface area contributed by atoms with E-state index >= 15 is 0 Å². The van der Waals surface area contributed by atoms with Crippen LogP contribution in [0.5, 0.6) is 0 Å². The van der Waals surface area contributed by atoms with E-state index in [2.05, 4.69) is 10.6 Å². The number of benzene rings is 1. The van der Waals surface area contributed by atoms with E-state index in [0.717, 1.165) is 5.56 Å². The van der Waals surface area contributed by atoms with Gasteiger partial charge in [-0.1, -0.05) is 30.3 Å². The van der Waals surface area contributed by atoms with E-state index in [1.54, 1.807) is 7.05 Å². The van der Waals surface area contributed by atoms with Gasteiger partial charge in [0.05, 0.1) is 6.04 Å². The summed E-state index contributed by atoms with van der Waals surface area (Å²) in [4.78, 5) is 22.6. The molecule has 98 valence electrons. The van der Waals surface area contributed by atoms with E-state index in [-0.39, 0.29) is 18.2 Å². The van der Waals surface area contributed by atoms with Crippen LogP contribution in [0.1, 0.15) is 12.0 Å². The third-order valence-corrected chi connectivity index (χ3v) is 2.57. The van der Waals surface area contributed by atoms with Gasteiger partial charge in [-0.3, -0.25) is 9.59 Å². The molecule has 0 aliphatic heterocycles. The molecule has 0 aliphatic carbocycles. The zero-order valence-electron chi connectivity index (χ0n) is 10.5. The minimum absolute atomic E-state index is 0.105. The number of rotatable bonds is 6. The summed E-state index contributed by atoms with van der Waals surface area (Å²) < 4.78 is 0. The van der Waals surface area contributed by atoms with Crippen LogP contribution in [0, 0.1) is 0 Å². The predicted octanol–water partition coefficient (Wildman–Crippen LogP) is -0.191. The van der Waals surface area contributed by atoms with Gasteiger partial charge in [-0.2, -0.15) is 0 Å². The van der Waals surface area contributed by atoms with Crippen LogP contribution in [0.2, 0.25) is 0 Å². The minimum Gasteiger partial charge on any atom is -0.359 e. The van der Waals surface area contributed by atoms with Crippen molar-refractivity contribution in [3.05, 3.63) is 35.9 Å². The second kappa shape index (κ2) is 7.45. The predicted molar refractivity (Wildman–Crippen MR) is 69.8 cm³/mol. The summed E-state index contributed by atoms with van der Waals surface area (Å²) in [5.74, 6) is -0.338. The summed E-state index contributed by atoms with van der Waals surface area (Å²) in [6, 6.07) is 9.00. The second-order valence-electron chi connectivity index (χ2n) is 4.01. The lowest BCUT2D eigenvalue weighted by molar-refractivity contribution is -0.123. The molecule has 1 atom stereocenters. The molecule has 1 aromatic rings.